The molecule has 1 fully saturated rings. The predicted molar refractivity (Wildman–Crippen MR) is 90.1 cm³/mol. The summed E-state index contributed by atoms with van der Waals surface area (Å²) in [6.45, 7) is 8.65. The van der Waals surface area contributed by atoms with E-state index in [1.54, 1.807) is 0 Å². The summed E-state index contributed by atoms with van der Waals surface area (Å²) < 4.78 is 13.3. The van der Waals surface area contributed by atoms with Crippen LogP contribution in [0.15, 0.2) is 6.20 Å². The van der Waals surface area contributed by atoms with Crippen LogP contribution in [0.5, 0.6) is 0 Å². The minimum Gasteiger partial charge on any atom is -0.379 e. The molecule has 2 unspecified atom stereocenters. The highest BCUT2D eigenvalue weighted by Gasteiger charge is 2.27. The lowest BCUT2D eigenvalue weighted by atomic mass is 9.99. The van der Waals surface area contributed by atoms with Gasteiger partial charge in [-0.2, -0.15) is 0 Å². The molecule has 0 aromatic carbocycles. The van der Waals surface area contributed by atoms with E-state index in [9.17, 15) is 4.79 Å². The molecular formula is C17H28N4O3. The van der Waals surface area contributed by atoms with Gasteiger partial charge in [0.2, 0.25) is 0 Å². The van der Waals surface area contributed by atoms with E-state index in [2.05, 4.69) is 21.1 Å². The van der Waals surface area contributed by atoms with Crippen LogP contribution in [-0.2, 0) is 16.0 Å². The zero-order valence-corrected chi connectivity index (χ0v) is 14.7. The molecule has 24 heavy (non-hydrogen) atoms. The number of amides is 2. The Hall–Kier alpha value is -1.60. The monoisotopic (exact) mass is 336 g/mol. The molecule has 2 aliphatic heterocycles. The van der Waals surface area contributed by atoms with Crippen LogP contribution in [0.2, 0.25) is 0 Å². The van der Waals surface area contributed by atoms with Gasteiger partial charge in [-0.3, -0.25) is 0 Å². The van der Waals surface area contributed by atoms with Crippen LogP contribution in [-0.4, -0.2) is 66.0 Å². The highest BCUT2D eigenvalue weighted by atomic mass is 16.5. The fraction of sp³-hybridized carbons (Fsp3) is 0.765. The Balaban J connectivity index is 1.50. The van der Waals surface area contributed by atoms with Gasteiger partial charge in [-0.1, -0.05) is 0 Å². The molecule has 0 bridgehead atoms. The Morgan fingerprint density at radius 3 is 3.21 bits per heavy atom. The lowest BCUT2D eigenvalue weighted by molar-refractivity contribution is -0.0566. The molecule has 2 aliphatic rings. The summed E-state index contributed by atoms with van der Waals surface area (Å²) in [5, 5.41) is 3.09. The number of aryl methyl sites for hydroxylation is 2. The molecule has 0 radical (unpaired) electrons. The highest BCUT2D eigenvalue weighted by molar-refractivity contribution is 5.74. The minimum absolute atomic E-state index is 0.0137. The Morgan fingerprint density at radius 2 is 2.38 bits per heavy atom. The zero-order valence-electron chi connectivity index (χ0n) is 14.7. The molecule has 134 valence electrons. The molecule has 1 aromatic heterocycles. The average Bonchev–Trinajstić information content (AvgIpc) is 2.98. The van der Waals surface area contributed by atoms with Crippen LogP contribution in [0.1, 0.15) is 37.2 Å². The van der Waals surface area contributed by atoms with Gasteiger partial charge in [0.05, 0.1) is 31.6 Å². The van der Waals surface area contributed by atoms with Crippen molar-refractivity contribution >= 4 is 6.03 Å². The van der Waals surface area contributed by atoms with Crippen LogP contribution >= 0.6 is 0 Å². The van der Waals surface area contributed by atoms with E-state index in [4.69, 9.17) is 9.47 Å². The number of hydrogen-bond acceptors (Lipinski definition) is 4. The number of aromatic nitrogens is 2. The van der Waals surface area contributed by atoms with Crippen molar-refractivity contribution < 1.29 is 14.3 Å². The van der Waals surface area contributed by atoms with E-state index in [1.165, 1.54) is 0 Å². The molecule has 7 heteroatoms. The molecule has 2 atom stereocenters. The summed E-state index contributed by atoms with van der Waals surface area (Å²) in [5.41, 5.74) is 1.05. The summed E-state index contributed by atoms with van der Waals surface area (Å²) in [7, 11) is 0. The Kier molecular flexibility index (Phi) is 5.73. The van der Waals surface area contributed by atoms with Crippen molar-refractivity contribution in [3.63, 3.8) is 0 Å². The van der Waals surface area contributed by atoms with E-state index in [0.29, 0.717) is 45.4 Å². The number of nitrogens with one attached hydrogen (secondary N) is 1. The van der Waals surface area contributed by atoms with Gasteiger partial charge in [0.15, 0.2) is 0 Å². The Bertz CT molecular complexity index is 560. The highest BCUT2D eigenvalue weighted by Crippen LogP contribution is 2.26. The maximum Gasteiger partial charge on any atom is 0.317 e. The summed E-state index contributed by atoms with van der Waals surface area (Å²) in [4.78, 5) is 18.9. The molecule has 3 heterocycles. The summed E-state index contributed by atoms with van der Waals surface area (Å²) in [6, 6.07) is -0.0137. The first-order valence-electron chi connectivity index (χ1n) is 8.93. The Morgan fingerprint density at radius 1 is 1.50 bits per heavy atom. The van der Waals surface area contributed by atoms with Gasteiger partial charge in [0.1, 0.15) is 5.82 Å². The molecule has 0 saturated carbocycles. The number of carbonyl (C=O) groups is 1. The number of carbonyl (C=O) groups excluding carboxylic acids is 1. The smallest absolute Gasteiger partial charge is 0.317 e. The molecule has 1 N–H and O–H groups in total. The van der Waals surface area contributed by atoms with Crippen LogP contribution in [0.4, 0.5) is 4.79 Å². The van der Waals surface area contributed by atoms with Gasteiger partial charge in [0, 0.05) is 38.4 Å². The molecule has 0 aliphatic carbocycles. The Labute approximate surface area is 143 Å². The van der Waals surface area contributed by atoms with Gasteiger partial charge < -0.3 is 24.3 Å². The largest absolute Gasteiger partial charge is 0.379 e. The first-order valence-corrected chi connectivity index (χ1v) is 8.93. The van der Waals surface area contributed by atoms with Gasteiger partial charge >= 0.3 is 6.03 Å². The predicted octanol–water partition coefficient (Wildman–Crippen LogP) is 1.52. The zero-order chi connectivity index (χ0) is 16.9. The second-order valence-electron chi connectivity index (χ2n) is 6.56. The topological polar surface area (TPSA) is 68.6 Å². The summed E-state index contributed by atoms with van der Waals surface area (Å²) >= 11 is 0. The third-order valence-corrected chi connectivity index (χ3v) is 4.68. The van der Waals surface area contributed by atoms with Crippen molar-refractivity contribution in [3.8, 4) is 0 Å². The molecule has 1 aromatic rings. The number of urea groups is 1. The quantitative estimate of drug-likeness (QED) is 0.885. The van der Waals surface area contributed by atoms with Crippen LogP contribution in [0, 0.1) is 6.92 Å². The first kappa shape index (κ1) is 17.2. The van der Waals surface area contributed by atoms with Crippen LogP contribution < -0.4 is 5.32 Å². The third kappa shape index (κ3) is 4.08. The number of imidazole rings is 1. The van der Waals surface area contributed by atoms with E-state index in [0.717, 1.165) is 30.9 Å². The van der Waals surface area contributed by atoms with Crippen LogP contribution in [0.25, 0.3) is 0 Å². The lowest BCUT2D eigenvalue weighted by Crippen LogP contribution is -2.51. The fourth-order valence-electron chi connectivity index (χ4n) is 3.48. The van der Waals surface area contributed by atoms with Gasteiger partial charge in [0.25, 0.3) is 0 Å². The van der Waals surface area contributed by atoms with Gasteiger partial charge in [-0.25, -0.2) is 9.78 Å². The summed E-state index contributed by atoms with van der Waals surface area (Å²) in [6.07, 6.45) is 4.29. The number of rotatable bonds is 5. The molecule has 2 amide bonds. The van der Waals surface area contributed by atoms with Crippen molar-refractivity contribution in [1.82, 2.24) is 19.8 Å². The molecule has 7 nitrogen and oxygen atoms in total. The van der Waals surface area contributed by atoms with E-state index < -0.39 is 0 Å². The number of fused-ring (bicyclic) bond motifs is 1. The lowest BCUT2D eigenvalue weighted by Gasteiger charge is -2.33. The number of ether oxygens (including phenoxy) is 2. The summed E-state index contributed by atoms with van der Waals surface area (Å²) in [5.74, 6) is 1.41. The van der Waals surface area contributed by atoms with Crippen molar-refractivity contribution in [2.75, 3.05) is 39.5 Å². The molecular weight excluding hydrogens is 308 g/mol. The number of nitrogens with zero attached hydrogens (tertiary/aromatic N) is 3. The second-order valence-corrected chi connectivity index (χ2v) is 6.56. The van der Waals surface area contributed by atoms with E-state index in [-0.39, 0.29) is 12.1 Å². The first-order chi connectivity index (χ1) is 11.7. The molecule has 3 rings (SSSR count). The maximum atomic E-state index is 12.5. The molecule has 0 spiro atoms. The van der Waals surface area contributed by atoms with Crippen molar-refractivity contribution in [2.45, 2.75) is 45.3 Å². The van der Waals surface area contributed by atoms with Crippen molar-refractivity contribution in [3.05, 3.63) is 17.7 Å². The van der Waals surface area contributed by atoms with Crippen molar-refractivity contribution in [2.24, 2.45) is 0 Å². The van der Waals surface area contributed by atoms with Gasteiger partial charge in [-0.15, -0.1) is 0 Å². The minimum atomic E-state index is -0.0271. The van der Waals surface area contributed by atoms with Gasteiger partial charge in [-0.05, 0) is 26.7 Å². The normalized spacial score (nSPS) is 23.8. The third-order valence-electron chi connectivity index (χ3n) is 4.68. The second kappa shape index (κ2) is 7.98. The van der Waals surface area contributed by atoms with E-state index >= 15 is 0 Å². The number of hydrogen-bond donors (Lipinski definition) is 1. The fourth-order valence-corrected chi connectivity index (χ4v) is 3.48. The SMILES string of the molecule is CCOCC1CN(C(=O)NCC2CCCn3cc(C)nc32)CCO1. The van der Waals surface area contributed by atoms with Crippen molar-refractivity contribution in [1.29, 1.82) is 0 Å². The molecule has 1 saturated heterocycles. The average molecular weight is 336 g/mol. The van der Waals surface area contributed by atoms with Crippen LogP contribution in [0.3, 0.4) is 0 Å². The van der Waals surface area contributed by atoms with E-state index in [1.807, 2.05) is 18.7 Å². The maximum absolute atomic E-state index is 12.5. The number of morpholine rings is 1. The standard InChI is InChI=1S/C17H28N4O3/c1-3-23-12-15-11-21(7-8-24-15)17(22)18-9-14-5-4-6-20-10-13(2)19-16(14)20/h10,14-15H,3-9,11-12H2,1-2H3,(H,18,22).